The lowest BCUT2D eigenvalue weighted by Gasteiger charge is -2.34. The van der Waals surface area contributed by atoms with E-state index in [9.17, 15) is 4.79 Å². The molecular weight excluding hydrogens is 268 g/mol. The normalized spacial score (nSPS) is 20.6. The maximum Gasteiger partial charge on any atom is 0.253 e. The first-order valence-electron chi connectivity index (χ1n) is 7.30. The van der Waals surface area contributed by atoms with Crippen LogP contribution in [0.25, 0.3) is 0 Å². The minimum absolute atomic E-state index is 0.0121. The average Bonchev–Trinajstić information content (AvgIpc) is 3.38. The van der Waals surface area contributed by atoms with Gasteiger partial charge in [0.15, 0.2) is 5.84 Å². The van der Waals surface area contributed by atoms with Crippen LogP contribution < -0.4 is 5.73 Å². The van der Waals surface area contributed by atoms with Crippen molar-refractivity contribution in [1.82, 2.24) is 9.80 Å². The zero-order valence-corrected chi connectivity index (χ0v) is 11.9. The average molecular weight is 288 g/mol. The molecule has 21 heavy (non-hydrogen) atoms. The summed E-state index contributed by atoms with van der Waals surface area (Å²) in [5.74, 6) is 0.0289. The Labute approximate surface area is 123 Å². The van der Waals surface area contributed by atoms with Gasteiger partial charge in [-0.25, -0.2) is 0 Å². The molecule has 0 bridgehead atoms. The summed E-state index contributed by atoms with van der Waals surface area (Å²) < 4.78 is 0. The van der Waals surface area contributed by atoms with Crippen molar-refractivity contribution in [2.24, 2.45) is 10.9 Å². The van der Waals surface area contributed by atoms with Gasteiger partial charge in [0.2, 0.25) is 0 Å². The lowest BCUT2D eigenvalue weighted by molar-refractivity contribution is 0.0627. The molecule has 1 heterocycles. The van der Waals surface area contributed by atoms with Gasteiger partial charge in [0.05, 0.1) is 0 Å². The van der Waals surface area contributed by atoms with E-state index in [1.165, 1.54) is 12.8 Å². The van der Waals surface area contributed by atoms with Gasteiger partial charge in [0, 0.05) is 43.3 Å². The Morgan fingerprint density at radius 3 is 2.48 bits per heavy atom. The van der Waals surface area contributed by atoms with Crippen molar-refractivity contribution in [3.8, 4) is 0 Å². The first-order chi connectivity index (χ1) is 10.2. The van der Waals surface area contributed by atoms with Crippen LogP contribution in [0, 0.1) is 0 Å². The molecule has 1 aliphatic heterocycles. The molecule has 1 saturated heterocycles. The Balaban J connectivity index is 1.67. The highest BCUT2D eigenvalue weighted by Gasteiger charge is 2.32. The van der Waals surface area contributed by atoms with Crippen molar-refractivity contribution in [1.29, 1.82) is 0 Å². The van der Waals surface area contributed by atoms with Gasteiger partial charge in [-0.15, -0.1) is 0 Å². The monoisotopic (exact) mass is 288 g/mol. The van der Waals surface area contributed by atoms with E-state index >= 15 is 0 Å². The molecule has 2 fully saturated rings. The highest BCUT2D eigenvalue weighted by molar-refractivity contribution is 6.01. The number of amides is 1. The minimum atomic E-state index is 0.0121. The van der Waals surface area contributed by atoms with Crippen LogP contribution in [-0.4, -0.2) is 59.0 Å². The first kappa shape index (κ1) is 13.9. The number of rotatable bonds is 3. The van der Waals surface area contributed by atoms with Crippen molar-refractivity contribution >= 4 is 11.7 Å². The third-order valence-electron chi connectivity index (χ3n) is 4.18. The van der Waals surface area contributed by atoms with Crippen LogP contribution in [0.5, 0.6) is 0 Å². The summed E-state index contributed by atoms with van der Waals surface area (Å²) in [5.41, 5.74) is 6.71. The Morgan fingerprint density at radius 2 is 1.86 bits per heavy atom. The molecule has 0 radical (unpaired) electrons. The van der Waals surface area contributed by atoms with Gasteiger partial charge in [-0.3, -0.25) is 9.69 Å². The molecule has 0 aromatic heterocycles. The predicted octanol–water partition coefficient (Wildman–Crippen LogP) is 0.701. The number of hydrogen-bond acceptors (Lipinski definition) is 4. The molecule has 0 atom stereocenters. The molecule has 1 aromatic rings. The number of amidine groups is 1. The molecule has 1 saturated carbocycles. The Kier molecular flexibility index (Phi) is 3.79. The summed E-state index contributed by atoms with van der Waals surface area (Å²) >= 11 is 0. The molecular formula is C15H20N4O2. The number of benzene rings is 1. The van der Waals surface area contributed by atoms with Gasteiger partial charge in [-0.05, 0) is 25.0 Å². The van der Waals surface area contributed by atoms with E-state index in [0.29, 0.717) is 11.1 Å². The molecule has 3 N–H and O–H groups in total. The molecule has 0 unspecified atom stereocenters. The molecule has 3 rings (SSSR count). The van der Waals surface area contributed by atoms with Gasteiger partial charge in [-0.1, -0.05) is 17.3 Å². The summed E-state index contributed by atoms with van der Waals surface area (Å²) in [7, 11) is 0. The lowest BCUT2D eigenvalue weighted by atomic mass is 10.1. The van der Waals surface area contributed by atoms with Gasteiger partial charge >= 0.3 is 0 Å². The van der Waals surface area contributed by atoms with E-state index in [-0.39, 0.29) is 11.7 Å². The Morgan fingerprint density at radius 1 is 1.19 bits per heavy atom. The number of carbonyl (C=O) groups is 1. The van der Waals surface area contributed by atoms with E-state index in [1.807, 2.05) is 4.90 Å². The van der Waals surface area contributed by atoms with Crippen LogP contribution in [-0.2, 0) is 0 Å². The second kappa shape index (κ2) is 5.73. The van der Waals surface area contributed by atoms with E-state index < -0.39 is 0 Å². The molecule has 2 aliphatic rings. The second-order valence-corrected chi connectivity index (χ2v) is 5.63. The number of nitrogens with two attached hydrogens (primary N) is 1. The fourth-order valence-corrected chi connectivity index (χ4v) is 2.78. The SMILES string of the molecule is NC(=NO)c1cccc(C(=O)N2CCN(C3CC3)CC2)c1. The standard InChI is InChI=1S/C15H20N4O2/c16-14(17-21)11-2-1-3-12(10-11)15(20)19-8-6-18(7-9-19)13-4-5-13/h1-3,10,13,21H,4-9H2,(H2,16,17). The molecule has 1 aliphatic carbocycles. The highest BCUT2D eigenvalue weighted by Crippen LogP contribution is 2.27. The van der Waals surface area contributed by atoms with Crippen LogP contribution in [0.1, 0.15) is 28.8 Å². The molecule has 6 nitrogen and oxygen atoms in total. The van der Waals surface area contributed by atoms with Crippen LogP contribution in [0.15, 0.2) is 29.4 Å². The third-order valence-corrected chi connectivity index (χ3v) is 4.18. The lowest BCUT2D eigenvalue weighted by Crippen LogP contribution is -2.49. The fraction of sp³-hybridized carbons (Fsp3) is 0.467. The molecule has 1 aromatic carbocycles. The maximum atomic E-state index is 12.5. The number of piperazine rings is 1. The van der Waals surface area contributed by atoms with Crippen molar-refractivity contribution in [2.45, 2.75) is 18.9 Å². The maximum absolute atomic E-state index is 12.5. The molecule has 112 valence electrons. The number of oxime groups is 1. The van der Waals surface area contributed by atoms with Gasteiger partial charge < -0.3 is 15.8 Å². The van der Waals surface area contributed by atoms with E-state index in [1.54, 1.807) is 24.3 Å². The van der Waals surface area contributed by atoms with Gasteiger partial charge in [0.1, 0.15) is 0 Å². The topological polar surface area (TPSA) is 82.2 Å². The highest BCUT2D eigenvalue weighted by atomic mass is 16.4. The van der Waals surface area contributed by atoms with Gasteiger partial charge in [-0.2, -0.15) is 0 Å². The zero-order valence-electron chi connectivity index (χ0n) is 11.9. The van der Waals surface area contributed by atoms with Crippen molar-refractivity contribution in [3.63, 3.8) is 0 Å². The Bertz CT molecular complexity index is 561. The Hall–Kier alpha value is -2.08. The number of hydrogen-bond donors (Lipinski definition) is 2. The molecule has 1 amide bonds. The van der Waals surface area contributed by atoms with E-state index in [4.69, 9.17) is 10.9 Å². The summed E-state index contributed by atoms with van der Waals surface area (Å²) in [4.78, 5) is 16.9. The fourth-order valence-electron chi connectivity index (χ4n) is 2.78. The zero-order chi connectivity index (χ0) is 14.8. The second-order valence-electron chi connectivity index (χ2n) is 5.63. The van der Waals surface area contributed by atoms with Crippen LogP contribution >= 0.6 is 0 Å². The van der Waals surface area contributed by atoms with Crippen molar-refractivity contribution in [3.05, 3.63) is 35.4 Å². The summed E-state index contributed by atoms with van der Waals surface area (Å²) in [6.07, 6.45) is 2.60. The summed E-state index contributed by atoms with van der Waals surface area (Å²) in [6, 6.07) is 7.66. The number of carbonyl (C=O) groups excluding carboxylic acids is 1. The minimum Gasteiger partial charge on any atom is -0.409 e. The quantitative estimate of drug-likeness (QED) is 0.371. The first-order valence-corrected chi connectivity index (χ1v) is 7.30. The van der Waals surface area contributed by atoms with E-state index in [0.717, 1.165) is 32.2 Å². The smallest absolute Gasteiger partial charge is 0.253 e. The summed E-state index contributed by atoms with van der Waals surface area (Å²) in [5, 5.41) is 11.7. The predicted molar refractivity (Wildman–Crippen MR) is 79.5 cm³/mol. The van der Waals surface area contributed by atoms with E-state index in [2.05, 4.69) is 10.1 Å². The van der Waals surface area contributed by atoms with Crippen molar-refractivity contribution in [2.75, 3.05) is 26.2 Å². The number of nitrogens with zero attached hydrogens (tertiary/aromatic N) is 3. The van der Waals surface area contributed by atoms with Crippen LogP contribution in [0.3, 0.4) is 0 Å². The van der Waals surface area contributed by atoms with Crippen molar-refractivity contribution < 1.29 is 10.0 Å². The molecule has 6 heteroatoms. The van der Waals surface area contributed by atoms with Crippen LogP contribution in [0.2, 0.25) is 0 Å². The van der Waals surface area contributed by atoms with Gasteiger partial charge in [0.25, 0.3) is 5.91 Å². The molecule has 0 spiro atoms. The van der Waals surface area contributed by atoms with Crippen LogP contribution in [0.4, 0.5) is 0 Å². The third kappa shape index (κ3) is 3.00. The largest absolute Gasteiger partial charge is 0.409 e. The summed E-state index contributed by atoms with van der Waals surface area (Å²) in [6.45, 7) is 3.44.